The SMILES string of the molecule is Cc1cc(OC(=O)C2CCC(CNC(=O)OCc3ccccc3)CC2)c2c3c(c(=O)oc2c1)CCC3. The summed E-state index contributed by atoms with van der Waals surface area (Å²) in [7, 11) is 0. The smallest absolute Gasteiger partial charge is 0.407 e. The lowest BCUT2D eigenvalue weighted by Gasteiger charge is -2.27. The summed E-state index contributed by atoms with van der Waals surface area (Å²) in [5, 5.41) is 3.61. The van der Waals surface area contributed by atoms with Crippen molar-refractivity contribution in [1.29, 1.82) is 0 Å². The van der Waals surface area contributed by atoms with E-state index in [-0.39, 0.29) is 24.1 Å². The summed E-state index contributed by atoms with van der Waals surface area (Å²) in [6.45, 7) is 2.67. The fraction of sp³-hybridized carbons (Fsp3) is 0.414. The van der Waals surface area contributed by atoms with Crippen LogP contribution in [0.3, 0.4) is 0 Å². The molecule has 1 heterocycles. The fourth-order valence-corrected chi connectivity index (χ4v) is 5.38. The largest absolute Gasteiger partial charge is 0.445 e. The minimum atomic E-state index is -0.425. The lowest BCUT2D eigenvalue weighted by Crippen LogP contribution is -2.33. The molecule has 7 nitrogen and oxygen atoms in total. The zero-order valence-corrected chi connectivity index (χ0v) is 20.5. The molecule has 0 atom stereocenters. The first-order chi connectivity index (χ1) is 17.5. The number of amides is 1. The van der Waals surface area contributed by atoms with Crippen molar-refractivity contribution in [2.45, 2.75) is 58.5 Å². The molecular weight excluding hydrogens is 458 g/mol. The van der Waals surface area contributed by atoms with Crippen molar-refractivity contribution in [2.24, 2.45) is 11.8 Å². The molecule has 3 aromatic rings. The van der Waals surface area contributed by atoms with Crippen LogP contribution in [0.2, 0.25) is 0 Å². The van der Waals surface area contributed by atoms with Crippen LogP contribution in [0.1, 0.15) is 54.4 Å². The van der Waals surface area contributed by atoms with Gasteiger partial charge in [0, 0.05) is 12.1 Å². The molecule has 1 aromatic heterocycles. The Bertz CT molecular complexity index is 1320. The second kappa shape index (κ2) is 10.6. The van der Waals surface area contributed by atoms with Crippen molar-refractivity contribution in [3.05, 3.63) is 75.1 Å². The maximum atomic E-state index is 13.1. The summed E-state index contributed by atoms with van der Waals surface area (Å²) < 4.78 is 16.8. The molecule has 1 N–H and O–H groups in total. The van der Waals surface area contributed by atoms with Crippen LogP contribution in [0.4, 0.5) is 4.79 Å². The molecule has 0 aliphatic heterocycles. The van der Waals surface area contributed by atoms with Gasteiger partial charge in [-0.2, -0.15) is 0 Å². The summed E-state index contributed by atoms with van der Waals surface area (Å²) in [4.78, 5) is 37.5. The third-order valence-corrected chi connectivity index (χ3v) is 7.32. The molecular formula is C29H31NO6. The second-order valence-electron chi connectivity index (χ2n) is 9.92. The van der Waals surface area contributed by atoms with Gasteiger partial charge < -0.3 is 19.2 Å². The Hall–Kier alpha value is -3.61. The molecule has 0 saturated heterocycles. The summed E-state index contributed by atoms with van der Waals surface area (Å²) in [5.74, 6) is 0.358. The van der Waals surface area contributed by atoms with Gasteiger partial charge in [0.05, 0.1) is 11.3 Å². The molecule has 36 heavy (non-hydrogen) atoms. The lowest BCUT2D eigenvalue weighted by atomic mass is 9.82. The molecule has 1 saturated carbocycles. The van der Waals surface area contributed by atoms with E-state index in [4.69, 9.17) is 13.9 Å². The first kappa shape index (κ1) is 24.1. The van der Waals surface area contributed by atoms with E-state index in [9.17, 15) is 14.4 Å². The van der Waals surface area contributed by atoms with E-state index in [0.717, 1.165) is 47.8 Å². The van der Waals surface area contributed by atoms with Gasteiger partial charge >= 0.3 is 17.7 Å². The number of aryl methyl sites for hydroxylation is 2. The number of hydrogen-bond donors (Lipinski definition) is 1. The average molecular weight is 490 g/mol. The van der Waals surface area contributed by atoms with Gasteiger partial charge in [-0.15, -0.1) is 0 Å². The number of carbonyl (C=O) groups excluding carboxylic acids is 2. The van der Waals surface area contributed by atoms with E-state index in [0.29, 0.717) is 48.6 Å². The zero-order chi connectivity index (χ0) is 25.1. The van der Waals surface area contributed by atoms with Crippen LogP contribution in [0.25, 0.3) is 11.0 Å². The van der Waals surface area contributed by atoms with Gasteiger partial charge in [0.15, 0.2) is 0 Å². The maximum absolute atomic E-state index is 13.1. The third kappa shape index (κ3) is 5.30. The van der Waals surface area contributed by atoms with Crippen LogP contribution in [0, 0.1) is 18.8 Å². The number of ether oxygens (including phenoxy) is 2. The van der Waals surface area contributed by atoms with Crippen LogP contribution >= 0.6 is 0 Å². The fourth-order valence-electron chi connectivity index (χ4n) is 5.38. The highest BCUT2D eigenvalue weighted by atomic mass is 16.5. The number of carbonyl (C=O) groups is 2. The standard InChI is InChI=1S/C29H31NO6/c1-18-14-24(26-22-8-5-9-23(22)28(32)36-25(26)15-18)35-27(31)21-12-10-19(11-13-21)16-30-29(33)34-17-20-6-3-2-4-7-20/h2-4,6-7,14-15,19,21H,5,8-13,16-17H2,1H3,(H,30,33). The predicted molar refractivity (Wildman–Crippen MR) is 135 cm³/mol. The topological polar surface area (TPSA) is 94.8 Å². The van der Waals surface area contributed by atoms with Crippen molar-refractivity contribution in [2.75, 3.05) is 6.54 Å². The summed E-state index contributed by atoms with van der Waals surface area (Å²) >= 11 is 0. The van der Waals surface area contributed by atoms with E-state index in [1.807, 2.05) is 49.4 Å². The van der Waals surface area contributed by atoms with Gasteiger partial charge in [-0.05, 0) is 86.6 Å². The monoisotopic (exact) mass is 489 g/mol. The van der Waals surface area contributed by atoms with Crippen molar-refractivity contribution < 1.29 is 23.5 Å². The zero-order valence-electron chi connectivity index (χ0n) is 20.5. The Morgan fingerprint density at radius 2 is 1.78 bits per heavy atom. The number of fused-ring (bicyclic) bond motifs is 3. The second-order valence-corrected chi connectivity index (χ2v) is 9.92. The maximum Gasteiger partial charge on any atom is 0.407 e. The Morgan fingerprint density at radius 3 is 2.56 bits per heavy atom. The molecule has 0 unspecified atom stereocenters. The molecule has 0 radical (unpaired) electrons. The molecule has 188 valence electrons. The number of benzene rings is 2. The van der Waals surface area contributed by atoms with E-state index < -0.39 is 6.09 Å². The number of esters is 1. The molecule has 2 aromatic carbocycles. The van der Waals surface area contributed by atoms with Crippen LogP contribution in [0.5, 0.6) is 5.75 Å². The molecule has 2 aliphatic rings. The van der Waals surface area contributed by atoms with E-state index in [1.54, 1.807) is 0 Å². The molecule has 1 fully saturated rings. The highest BCUT2D eigenvalue weighted by molar-refractivity contribution is 5.91. The van der Waals surface area contributed by atoms with E-state index in [2.05, 4.69) is 5.32 Å². The normalized spacial score (nSPS) is 19.0. The summed E-state index contributed by atoms with van der Waals surface area (Å²) in [6, 6.07) is 13.2. The third-order valence-electron chi connectivity index (χ3n) is 7.32. The number of alkyl carbamates (subject to hydrolysis) is 1. The van der Waals surface area contributed by atoms with Gasteiger partial charge in [0.1, 0.15) is 17.9 Å². The molecule has 7 heteroatoms. The predicted octanol–water partition coefficient (Wildman–Crippen LogP) is 5.23. The van der Waals surface area contributed by atoms with Crippen LogP contribution in [-0.2, 0) is 29.0 Å². The van der Waals surface area contributed by atoms with Crippen LogP contribution < -0.4 is 15.7 Å². The summed E-state index contributed by atoms with van der Waals surface area (Å²) in [5.41, 5.74) is 3.68. The van der Waals surface area contributed by atoms with Gasteiger partial charge in [0.2, 0.25) is 0 Å². The Kier molecular flexibility index (Phi) is 7.07. The van der Waals surface area contributed by atoms with Crippen molar-refractivity contribution >= 4 is 23.0 Å². The van der Waals surface area contributed by atoms with Crippen LogP contribution in [-0.4, -0.2) is 18.6 Å². The molecule has 2 aliphatic carbocycles. The quantitative estimate of drug-likeness (QED) is 0.290. The van der Waals surface area contributed by atoms with Crippen molar-refractivity contribution in [3.63, 3.8) is 0 Å². The van der Waals surface area contributed by atoms with Crippen molar-refractivity contribution in [3.8, 4) is 5.75 Å². The Morgan fingerprint density at radius 1 is 1.03 bits per heavy atom. The molecule has 0 bridgehead atoms. The van der Waals surface area contributed by atoms with Crippen LogP contribution in [0.15, 0.2) is 51.7 Å². The first-order valence-corrected chi connectivity index (χ1v) is 12.7. The molecule has 5 rings (SSSR count). The first-order valence-electron chi connectivity index (χ1n) is 12.7. The Labute approximate surface area is 209 Å². The average Bonchev–Trinajstić information content (AvgIpc) is 3.37. The highest BCUT2D eigenvalue weighted by Gasteiger charge is 2.30. The van der Waals surface area contributed by atoms with Gasteiger partial charge in [-0.25, -0.2) is 9.59 Å². The van der Waals surface area contributed by atoms with Gasteiger partial charge in [0.25, 0.3) is 0 Å². The highest BCUT2D eigenvalue weighted by Crippen LogP contribution is 2.36. The minimum Gasteiger partial charge on any atom is -0.445 e. The number of rotatable bonds is 6. The molecule has 0 spiro atoms. The lowest BCUT2D eigenvalue weighted by molar-refractivity contribution is -0.140. The van der Waals surface area contributed by atoms with E-state index >= 15 is 0 Å². The molecule has 1 amide bonds. The number of hydrogen-bond acceptors (Lipinski definition) is 6. The Balaban J connectivity index is 1.15. The minimum absolute atomic E-state index is 0.189. The van der Waals surface area contributed by atoms with Crippen molar-refractivity contribution in [1.82, 2.24) is 5.32 Å². The number of nitrogens with one attached hydrogen (secondary N) is 1. The van der Waals surface area contributed by atoms with Gasteiger partial charge in [-0.3, -0.25) is 4.79 Å². The van der Waals surface area contributed by atoms with Gasteiger partial charge in [-0.1, -0.05) is 30.3 Å². The van der Waals surface area contributed by atoms with E-state index in [1.165, 1.54) is 0 Å². The summed E-state index contributed by atoms with van der Waals surface area (Å²) in [6.07, 6.45) is 5.05.